The smallest absolute Gasteiger partial charge is 0.306 e. The van der Waals surface area contributed by atoms with Crippen molar-refractivity contribution in [2.24, 2.45) is 11.8 Å². The summed E-state index contributed by atoms with van der Waals surface area (Å²) in [6.45, 7) is 2.02. The van der Waals surface area contributed by atoms with Gasteiger partial charge < -0.3 is 5.11 Å². The summed E-state index contributed by atoms with van der Waals surface area (Å²) >= 11 is 0. The molecule has 0 aromatic rings. The van der Waals surface area contributed by atoms with Gasteiger partial charge in [0.2, 0.25) is 0 Å². The molecule has 1 fully saturated rings. The summed E-state index contributed by atoms with van der Waals surface area (Å²) in [5.74, 6) is -0.257. The molecule has 1 rings (SSSR count). The fraction of sp³-hybridized carbons (Fsp3) is 0.857. The zero-order chi connectivity index (χ0) is 6.85. The van der Waals surface area contributed by atoms with E-state index in [4.69, 9.17) is 5.11 Å². The van der Waals surface area contributed by atoms with Gasteiger partial charge in [-0.15, -0.1) is 0 Å². The Bertz CT molecular complexity index is 125. The number of aliphatic carboxylic acids is 1. The van der Waals surface area contributed by atoms with Gasteiger partial charge in [-0.3, -0.25) is 4.79 Å². The van der Waals surface area contributed by atoms with E-state index in [1.807, 2.05) is 6.92 Å². The Balaban J connectivity index is 0.000000810. The normalized spacial score (nSPS) is 31.3. The molecule has 0 radical (unpaired) electrons. The molecule has 2 unspecified atom stereocenters. The fourth-order valence-electron chi connectivity index (χ4n) is 1.51. The second kappa shape index (κ2) is 4.31. The molecule has 0 aromatic carbocycles. The van der Waals surface area contributed by atoms with Crippen LogP contribution in [-0.2, 0) is 32.1 Å². The van der Waals surface area contributed by atoms with Crippen LogP contribution in [0, 0.1) is 11.8 Å². The van der Waals surface area contributed by atoms with E-state index in [1.165, 1.54) is 0 Å². The van der Waals surface area contributed by atoms with E-state index >= 15 is 0 Å². The standard InChI is InChI=1S/C7H12O2.Cd/c1-5-3-2-4-6(5)7(8)9;/h5-6H,2-4H2,1H3,(H,8,9);. The van der Waals surface area contributed by atoms with Gasteiger partial charge >= 0.3 is 5.97 Å². The zero-order valence-electron chi connectivity index (χ0n) is 6.34. The zero-order valence-corrected chi connectivity index (χ0v) is 10.4. The third-order valence-electron chi connectivity index (χ3n) is 2.18. The van der Waals surface area contributed by atoms with Gasteiger partial charge in [-0.05, 0) is 18.8 Å². The van der Waals surface area contributed by atoms with Crippen LogP contribution in [0.1, 0.15) is 26.2 Å². The Kier molecular flexibility index (Phi) is 4.48. The van der Waals surface area contributed by atoms with Crippen LogP contribution in [0.5, 0.6) is 0 Å². The van der Waals surface area contributed by atoms with Crippen LogP contribution in [-0.4, -0.2) is 11.1 Å². The largest absolute Gasteiger partial charge is 0.481 e. The molecule has 54 valence electrons. The van der Waals surface area contributed by atoms with Gasteiger partial charge in [0, 0.05) is 27.3 Å². The molecule has 0 saturated heterocycles. The quantitative estimate of drug-likeness (QED) is 0.706. The maximum Gasteiger partial charge on any atom is 0.306 e. The van der Waals surface area contributed by atoms with E-state index in [-0.39, 0.29) is 33.2 Å². The number of hydrogen-bond acceptors (Lipinski definition) is 1. The van der Waals surface area contributed by atoms with Gasteiger partial charge in [0.25, 0.3) is 0 Å². The van der Waals surface area contributed by atoms with E-state index in [0.717, 1.165) is 19.3 Å². The van der Waals surface area contributed by atoms with Crippen LogP contribution in [0.3, 0.4) is 0 Å². The summed E-state index contributed by atoms with van der Waals surface area (Å²) in [6, 6.07) is 0. The van der Waals surface area contributed by atoms with Crippen molar-refractivity contribution in [2.75, 3.05) is 0 Å². The van der Waals surface area contributed by atoms with Crippen LogP contribution in [0.15, 0.2) is 0 Å². The van der Waals surface area contributed by atoms with Gasteiger partial charge in [0.1, 0.15) is 0 Å². The molecular weight excluding hydrogens is 228 g/mol. The Morgan fingerprint density at radius 1 is 1.50 bits per heavy atom. The van der Waals surface area contributed by atoms with Crippen LogP contribution in [0.2, 0.25) is 0 Å². The first-order chi connectivity index (χ1) is 4.22. The van der Waals surface area contributed by atoms with Crippen molar-refractivity contribution in [3.05, 3.63) is 0 Å². The minimum Gasteiger partial charge on any atom is -0.481 e. The number of carbonyl (C=O) groups is 1. The third-order valence-corrected chi connectivity index (χ3v) is 2.18. The first kappa shape index (κ1) is 10.4. The number of carboxylic acids is 1. The first-order valence-electron chi connectivity index (χ1n) is 3.44. The predicted molar refractivity (Wildman–Crippen MR) is 34.1 cm³/mol. The van der Waals surface area contributed by atoms with Crippen molar-refractivity contribution in [1.29, 1.82) is 0 Å². The number of carboxylic acid groups (broad SMARTS) is 1. The summed E-state index contributed by atoms with van der Waals surface area (Å²) in [4.78, 5) is 10.4. The first-order valence-corrected chi connectivity index (χ1v) is 3.44. The fourth-order valence-corrected chi connectivity index (χ4v) is 1.51. The van der Waals surface area contributed by atoms with Gasteiger partial charge in [-0.2, -0.15) is 0 Å². The van der Waals surface area contributed by atoms with Crippen LogP contribution in [0.4, 0.5) is 0 Å². The van der Waals surface area contributed by atoms with E-state index in [9.17, 15) is 4.79 Å². The van der Waals surface area contributed by atoms with Crippen molar-refractivity contribution in [3.63, 3.8) is 0 Å². The Morgan fingerprint density at radius 3 is 2.30 bits per heavy atom. The average molecular weight is 241 g/mol. The molecule has 10 heavy (non-hydrogen) atoms. The molecule has 1 aliphatic carbocycles. The van der Waals surface area contributed by atoms with Crippen LogP contribution >= 0.6 is 0 Å². The SMILES string of the molecule is CC1CCCC1C(=O)O.[Cd]. The molecular formula is C7H12CdO2. The van der Waals surface area contributed by atoms with Gasteiger partial charge in [0.05, 0.1) is 5.92 Å². The molecule has 0 bridgehead atoms. The Hall–Kier alpha value is 0.392. The molecule has 2 nitrogen and oxygen atoms in total. The summed E-state index contributed by atoms with van der Waals surface area (Å²) in [5, 5.41) is 8.58. The van der Waals surface area contributed by atoms with Crippen molar-refractivity contribution in [2.45, 2.75) is 26.2 Å². The van der Waals surface area contributed by atoms with Crippen LogP contribution < -0.4 is 0 Å². The van der Waals surface area contributed by atoms with Gasteiger partial charge in [-0.1, -0.05) is 13.3 Å². The predicted octanol–water partition coefficient (Wildman–Crippen LogP) is 1.50. The van der Waals surface area contributed by atoms with Gasteiger partial charge in [-0.25, -0.2) is 0 Å². The van der Waals surface area contributed by atoms with E-state index in [2.05, 4.69) is 0 Å². The van der Waals surface area contributed by atoms with E-state index in [0.29, 0.717) is 5.92 Å². The van der Waals surface area contributed by atoms with Gasteiger partial charge in [0.15, 0.2) is 0 Å². The maximum atomic E-state index is 10.4. The molecule has 0 amide bonds. The third kappa shape index (κ3) is 2.21. The molecule has 1 N–H and O–H groups in total. The molecule has 1 aliphatic rings. The molecule has 0 heterocycles. The van der Waals surface area contributed by atoms with Crippen molar-refractivity contribution in [1.82, 2.24) is 0 Å². The summed E-state index contributed by atoms with van der Waals surface area (Å²) in [7, 11) is 0. The summed E-state index contributed by atoms with van der Waals surface area (Å²) in [5.41, 5.74) is 0. The topological polar surface area (TPSA) is 37.3 Å². The second-order valence-electron chi connectivity index (χ2n) is 2.85. The van der Waals surface area contributed by atoms with Crippen molar-refractivity contribution in [3.8, 4) is 0 Å². The number of hydrogen-bond donors (Lipinski definition) is 1. The Morgan fingerprint density at radius 2 is 2.10 bits per heavy atom. The molecule has 2 atom stereocenters. The van der Waals surface area contributed by atoms with Crippen molar-refractivity contribution < 1.29 is 37.2 Å². The average Bonchev–Trinajstić information content (AvgIpc) is 2.13. The van der Waals surface area contributed by atoms with Crippen LogP contribution in [0.25, 0.3) is 0 Å². The molecule has 3 heteroatoms. The summed E-state index contributed by atoms with van der Waals surface area (Å²) in [6.07, 6.45) is 3.08. The van der Waals surface area contributed by atoms with E-state index < -0.39 is 5.97 Å². The maximum absolute atomic E-state index is 10.4. The minimum atomic E-state index is -0.611. The molecule has 1 saturated carbocycles. The number of rotatable bonds is 1. The van der Waals surface area contributed by atoms with E-state index in [1.54, 1.807) is 0 Å². The monoisotopic (exact) mass is 242 g/mol. The molecule has 0 aromatic heterocycles. The van der Waals surface area contributed by atoms with Crippen molar-refractivity contribution >= 4 is 5.97 Å². The Labute approximate surface area is 81.2 Å². The second-order valence-corrected chi connectivity index (χ2v) is 2.85. The summed E-state index contributed by atoms with van der Waals surface area (Å²) < 4.78 is 0. The molecule has 0 spiro atoms. The minimum absolute atomic E-state index is 0. The molecule has 0 aliphatic heterocycles.